The van der Waals surface area contributed by atoms with Gasteiger partial charge in [0, 0.05) is 32.0 Å². The molecule has 2 N–H and O–H groups in total. The van der Waals surface area contributed by atoms with E-state index in [0.29, 0.717) is 17.7 Å². The summed E-state index contributed by atoms with van der Waals surface area (Å²) in [5.41, 5.74) is 8.03. The highest BCUT2D eigenvalue weighted by Gasteiger charge is 2.22. The fourth-order valence-electron chi connectivity index (χ4n) is 2.31. The first kappa shape index (κ1) is 11.3. The van der Waals surface area contributed by atoms with Crippen molar-refractivity contribution in [2.24, 2.45) is 0 Å². The summed E-state index contributed by atoms with van der Waals surface area (Å²) in [4.78, 5) is 6.58. The average Bonchev–Trinajstić information content (AvgIpc) is 2.81. The number of fused-ring (bicyclic) bond motifs is 1. The summed E-state index contributed by atoms with van der Waals surface area (Å²) in [5, 5.41) is 0. The van der Waals surface area contributed by atoms with E-state index >= 15 is 0 Å². The van der Waals surface area contributed by atoms with Crippen molar-refractivity contribution >= 4 is 22.8 Å². The lowest BCUT2D eigenvalue weighted by Gasteiger charge is -2.29. The molecule has 0 spiro atoms. The minimum absolute atomic E-state index is 0.434. The van der Waals surface area contributed by atoms with E-state index in [1.807, 2.05) is 25.2 Å². The minimum Gasteiger partial charge on any atom is -0.423 e. The molecule has 1 fully saturated rings. The zero-order chi connectivity index (χ0) is 12.5. The maximum atomic E-state index is 5.76. The molecule has 0 amide bonds. The van der Waals surface area contributed by atoms with E-state index in [-0.39, 0.29) is 0 Å². The van der Waals surface area contributed by atoms with Gasteiger partial charge in [-0.1, -0.05) is 0 Å². The largest absolute Gasteiger partial charge is 0.423 e. The number of anilines is 2. The first-order chi connectivity index (χ1) is 8.74. The number of aromatic nitrogens is 1. The Hall–Kier alpha value is -1.75. The summed E-state index contributed by atoms with van der Waals surface area (Å²) >= 11 is 0. The fourth-order valence-corrected chi connectivity index (χ4v) is 2.31. The van der Waals surface area contributed by atoms with E-state index in [1.165, 1.54) is 0 Å². The molecule has 18 heavy (non-hydrogen) atoms. The molecule has 2 heterocycles. The van der Waals surface area contributed by atoms with E-state index in [4.69, 9.17) is 14.9 Å². The fraction of sp³-hybridized carbons (Fsp3) is 0.462. The Balaban J connectivity index is 1.88. The first-order valence-corrected chi connectivity index (χ1v) is 6.21. The third-order valence-electron chi connectivity index (χ3n) is 3.44. The molecule has 1 saturated heterocycles. The molecule has 1 aliphatic rings. The lowest BCUT2D eigenvalue weighted by atomic mass is 10.1. The van der Waals surface area contributed by atoms with E-state index in [9.17, 15) is 0 Å². The van der Waals surface area contributed by atoms with Crippen LogP contribution in [0.4, 0.5) is 11.7 Å². The molecule has 0 atom stereocenters. The standard InChI is InChI=1S/C13H17N3O2/c1-16(10-4-6-17-7-5-10)13-15-11-8-9(14)2-3-12(11)18-13/h2-3,8,10H,4-7,14H2,1H3. The van der Waals surface area contributed by atoms with Gasteiger partial charge in [-0.15, -0.1) is 0 Å². The van der Waals surface area contributed by atoms with E-state index in [1.54, 1.807) is 0 Å². The molecule has 0 radical (unpaired) electrons. The second-order valence-corrected chi connectivity index (χ2v) is 4.68. The van der Waals surface area contributed by atoms with Crippen molar-refractivity contribution in [3.63, 3.8) is 0 Å². The van der Waals surface area contributed by atoms with Gasteiger partial charge in [0.05, 0.1) is 0 Å². The Morgan fingerprint density at radius 2 is 2.11 bits per heavy atom. The molecule has 5 nitrogen and oxygen atoms in total. The number of ether oxygens (including phenoxy) is 1. The van der Waals surface area contributed by atoms with Crippen LogP contribution in [0, 0.1) is 0 Å². The van der Waals surface area contributed by atoms with Gasteiger partial charge in [0.2, 0.25) is 0 Å². The van der Waals surface area contributed by atoms with Crippen LogP contribution in [-0.4, -0.2) is 31.3 Å². The van der Waals surface area contributed by atoms with Crippen molar-refractivity contribution in [3.8, 4) is 0 Å². The molecule has 0 saturated carbocycles. The molecular formula is C13H17N3O2. The van der Waals surface area contributed by atoms with Gasteiger partial charge in [0.1, 0.15) is 5.52 Å². The summed E-state index contributed by atoms with van der Waals surface area (Å²) in [6, 6.07) is 6.61. The molecule has 0 bridgehead atoms. The number of benzene rings is 1. The van der Waals surface area contributed by atoms with Crippen LogP contribution in [0.1, 0.15) is 12.8 Å². The van der Waals surface area contributed by atoms with Crippen LogP contribution in [0.15, 0.2) is 22.6 Å². The topological polar surface area (TPSA) is 64.5 Å². The van der Waals surface area contributed by atoms with Crippen molar-refractivity contribution < 1.29 is 9.15 Å². The average molecular weight is 247 g/mol. The van der Waals surface area contributed by atoms with Gasteiger partial charge in [-0.3, -0.25) is 0 Å². The van der Waals surface area contributed by atoms with Crippen LogP contribution in [-0.2, 0) is 4.74 Å². The lowest BCUT2D eigenvalue weighted by Crippen LogP contribution is -2.36. The lowest BCUT2D eigenvalue weighted by molar-refractivity contribution is 0.0847. The van der Waals surface area contributed by atoms with Crippen LogP contribution in [0.2, 0.25) is 0 Å². The molecule has 3 rings (SSSR count). The molecule has 1 aliphatic heterocycles. The van der Waals surface area contributed by atoms with E-state index in [0.717, 1.165) is 37.2 Å². The molecule has 2 aromatic rings. The maximum absolute atomic E-state index is 5.76. The van der Waals surface area contributed by atoms with Gasteiger partial charge in [-0.25, -0.2) is 0 Å². The number of oxazole rings is 1. The normalized spacial score (nSPS) is 17.2. The van der Waals surface area contributed by atoms with Gasteiger partial charge >= 0.3 is 0 Å². The van der Waals surface area contributed by atoms with Gasteiger partial charge < -0.3 is 19.8 Å². The number of nitrogens with two attached hydrogens (primary N) is 1. The zero-order valence-corrected chi connectivity index (χ0v) is 10.4. The molecule has 0 aliphatic carbocycles. The molecule has 0 unspecified atom stereocenters. The van der Waals surface area contributed by atoms with E-state index < -0.39 is 0 Å². The maximum Gasteiger partial charge on any atom is 0.298 e. The highest BCUT2D eigenvalue weighted by atomic mass is 16.5. The number of hydrogen-bond donors (Lipinski definition) is 1. The van der Waals surface area contributed by atoms with Crippen molar-refractivity contribution in [1.82, 2.24) is 4.98 Å². The minimum atomic E-state index is 0.434. The number of hydrogen-bond acceptors (Lipinski definition) is 5. The van der Waals surface area contributed by atoms with Gasteiger partial charge in [0.25, 0.3) is 6.01 Å². The smallest absolute Gasteiger partial charge is 0.298 e. The van der Waals surface area contributed by atoms with Crippen LogP contribution in [0.3, 0.4) is 0 Å². The SMILES string of the molecule is CN(c1nc2cc(N)ccc2o1)C1CCOCC1. The predicted octanol–water partition coefficient (Wildman–Crippen LogP) is 2.03. The van der Waals surface area contributed by atoms with Crippen LogP contribution >= 0.6 is 0 Å². The highest BCUT2D eigenvalue weighted by molar-refractivity contribution is 5.78. The van der Waals surface area contributed by atoms with Crippen molar-refractivity contribution in [3.05, 3.63) is 18.2 Å². The van der Waals surface area contributed by atoms with Crippen molar-refractivity contribution in [2.45, 2.75) is 18.9 Å². The van der Waals surface area contributed by atoms with Crippen molar-refractivity contribution in [2.75, 3.05) is 30.9 Å². The Labute approximate surface area is 106 Å². The number of nitrogen functional groups attached to an aromatic ring is 1. The highest BCUT2D eigenvalue weighted by Crippen LogP contribution is 2.26. The summed E-state index contributed by atoms with van der Waals surface area (Å²) in [6.07, 6.45) is 2.02. The Morgan fingerprint density at radius 3 is 2.89 bits per heavy atom. The third kappa shape index (κ3) is 2.01. The van der Waals surface area contributed by atoms with Crippen molar-refractivity contribution in [1.29, 1.82) is 0 Å². The van der Waals surface area contributed by atoms with Gasteiger partial charge in [0.15, 0.2) is 5.58 Å². The van der Waals surface area contributed by atoms with Crippen LogP contribution in [0.25, 0.3) is 11.1 Å². The zero-order valence-electron chi connectivity index (χ0n) is 10.4. The quantitative estimate of drug-likeness (QED) is 0.822. The van der Waals surface area contributed by atoms with Crippen LogP contribution in [0.5, 0.6) is 0 Å². The monoisotopic (exact) mass is 247 g/mol. The molecular weight excluding hydrogens is 230 g/mol. The number of nitrogens with zero attached hydrogens (tertiary/aromatic N) is 2. The summed E-state index contributed by atoms with van der Waals surface area (Å²) < 4.78 is 11.1. The first-order valence-electron chi connectivity index (χ1n) is 6.21. The summed E-state index contributed by atoms with van der Waals surface area (Å²) in [6.45, 7) is 1.62. The van der Waals surface area contributed by atoms with E-state index in [2.05, 4.69) is 9.88 Å². The Kier molecular flexibility index (Phi) is 2.83. The van der Waals surface area contributed by atoms with Crippen LogP contribution < -0.4 is 10.6 Å². The summed E-state index contributed by atoms with van der Waals surface area (Å²) in [5.74, 6) is 0. The second kappa shape index (κ2) is 4.49. The number of rotatable bonds is 2. The second-order valence-electron chi connectivity index (χ2n) is 4.68. The molecule has 1 aromatic carbocycles. The third-order valence-corrected chi connectivity index (χ3v) is 3.44. The Bertz CT molecular complexity index is 546. The van der Waals surface area contributed by atoms with Gasteiger partial charge in [-0.05, 0) is 31.0 Å². The molecule has 5 heteroatoms. The predicted molar refractivity (Wildman–Crippen MR) is 70.7 cm³/mol. The molecule has 96 valence electrons. The summed E-state index contributed by atoms with van der Waals surface area (Å²) in [7, 11) is 2.02. The molecule has 1 aromatic heterocycles. The van der Waals surface area contributed by atoms with Gasteiger partial charge in [-0.2, -0.15) is 4.98 Å². The Morgan fingerprint density at radius 1 is 1.33 bits per heavy atom.